The predicted molar refractivity (Wildman–Crippen MR) is 93.1 cm³/mol. The van der Waals surface area contributed by atoms with Crippen LogP contribution in [0.25, 0.3) is 11.3 Å². The number of aromatic nitrogens is 1. The SMILES string of the molecule is COC(=O)C1(C(=O)OC)Cc2cc(CCl)nc(-c3ccccc3)c2C1. The lowest BCUT2D eigenvalue weighted by atomic mass is 9.84. The Morgan fingerprint density at radius 2 is 1.76 bits per heavy atom. The van der Waals surface area contributed by atoms with Gasteiger partial charge in [0.2, 0.25) is 0 Å². The van der Waals surface area contributed by atoms with Crippen LogP contribution in [0.5, 0.6) is 0 Å². The van der Waals surface area contributed by atoms with Crippen molar-refractivity contribution in [3.8, 4) is 11.3 Å². The number of methoxy groups -OCH3 is 2. The van der Waals surface area contributed by atoms with Crippen LogP contribution in [0.4, 0.5) is 0 Å². The van der Waals surface area contributed by atoms with E-state index in [2.05, 4.69) is 4.98 Å². The number of hydrogen-bond acceptors (Lipinski definition) is 5. The molecule has 6 heteroatoms. The highest BCUT2D eigenvalue weighted by Crippen LogP contribution is 2.43. The molecule has 0 unspecified atom stereocenters. The monoisotopic (exact) mass is 359 g/mol. The van der Waals surface area contributed by atoms with Gasteiger partial charge in [0.05, 0.1) is 31.5 Å². The number of hydrogen-bond donors (Lipinski definition) is 0. The van der Waals surface area contributed by atoms with Gasteiger partial charge in [-0.1, -0.05) is 30.3 Å². The van der Waals surface area contributed by atoms with E-state index < -0.39 is 17.4 Å². The summed E-state index contributed by atoms with van der Waals surface area (Å²) in [6.07, 6.45) is 0.412. The van der Waals surface area contributed by atoms with Crippen LogP contribution in [0.2, 0.25) is 0 Å². The van der Waals surface area contributed by atoms with Crippen LogP contribution in [0.3, 0.4) is 0 Å². The van der Waals surface area contributed by atoms with Gasteiger partial charge in [0.15, 0.2) is 5.41 Å². The highest BCUT2D eigenvalue weighted by molar-refractivity contribution is 6.16. The zero-order valence-electron chi connectivity index (χ0n) is 14.0. The van der Waals surface area contributed by atoms with Crippen LogP contribution in [0, 0.1) is 5.41 Å². The molecule has 0 fully saturated rings. The molecule has 1 aliphatic rings. The van der Waals surface area contributed by atoms with Crippen molar-refractivity contribution in [2.75, 3.05) is 14.2 Å². The minimum Gasteiger partial charge on any atom is -0.468 e. The van der Waals surface area contributed by atoms with E-state index in [0.717, 1.165) is 22.4 Å². The van der Waals surface area contributed by atoms with Gasteiger partial charge in [-0.25, -0.2) is 0 Å². The van der Waals surface area contributed by atoms with Gasteiger partial charge in [0.1, 0.15) is 0 Å². The van der Waals surface area contributed by atoms with Crippen LogP contribution in [-0.2, 0) is 37.8 Å². The predicted octanol–water partition coefficient (Wildman–Crippen LogP) is 2.92. The summed E-state index contributed by atoms with van der Waals surface area (Å²) < 4.78 is 9.82. The van der Waals surface area contributed by atoms with Gasteiger partial charge in [-0.3, -0.25) is 14.6 Å². The van der Waals surface area contributed by atoms with Gasteiger partial charge in [-0.2, -0.15) is 0 Å². The molecule has 0 atom stereocenters. The molecule has 130 valence electrons. The van der Waals surface area contributed by atoms with Crippen molar-refractivity contribution in [1.29, 1.82) is 0 Å². The van der Waals surface area contributed by atoms with E-state index in [1.165, 1.54) is 14.2 Å². The maximum Gasteiger partial charge on any atom is 0.323 e. The molecule has 2 aromatic rings. The summed E-state index contributed by atoms with van der Waals surface area (Å²) in [6, 6.07) is 11.5. The van der Waals surface area contributed by atoms with E-state index >= 15 is 0 Å². The fourth-order valence-electron chi connectivity index (χ4n) is 3.39. The number of rotatable bonds is 4. The second-order valence-corrected chi connectivity index (χ2v) is 6.29. The van der Waals surface area contributed by atoms with E-state index in [1.54, 1.807) is 0 Å². The van der Waals surface area contributed by atoms with Crippen molar-refractivity contribution in [3.05, 3.63) is 53.2 Å². The summed E-state index contributed by atoms with van der Waals surface area (Å²) in [6.45, 7) is 0. The molecule has 1 heterocycles. The molecule has 1 aliphatic carbocycles. The summed E-state index contributed by atoms with van der Waals surface area (Å²) in [5, 5.41) is 0. The van der Waals surface area contributed by atoms with Crippen LogP contribution in [0.15, 0.2) is 36.4 Å². The molecule has 5 nitrogen and oxygen atoms in total. The van der Waals surface area contributed by atoms with Gasteiger partial charge in [0, 0.05) is 12.0 Å². The number of pyridine rings is 1. The first-order chi connectivity index (χ1) is 12.1. The molecule has 0 bridgehead atoms. The van der Waals surface area contributed by atoms with Crippen molar-refractivity contribution < 1.29 is 19.1 Å². The van der Waals surface area contributed by atoms with Crippen molar-refractivity contribution in [1.82, 2.24) is 4.98 Å². The van der Waals surface area contributed by atoms with Crippen molar-refractivity contribution in [2.45, 2.75) is 18.7 Å². The normalized spacial score (nSPS) is 14.7. The van der Waals surface area contributed by atoms with E-state index in [9.17, 15) is 9.59 Å². The van der Waals surface area contributed by atoms with E-state index in [4.69, 9.17) is 21.1 Å². The highest BCUT2D eigenvalue weighted by Gasteiger charge is 2.53. The quantitative estimate of drug-likeness (QED) is 0.477. The lowest BCUT2D eigenvalue weighted by molar-refractivity contribution is -0.168. The zero-order chi connectivity index (χ0) is 18.0. The second kappa shape index (κ2) is 6.84. The number of carbonyl (C=O) groups excluding carboxylic acids is 2. The molecular weight excluding hydrogens is 342 g/mol. The molecule has 1 aromatic carbocycles. The Bertz CT molecular complexity index is 804. The number of benzene rings is 1. The summed E-state index contributed by atoms with van der Waals surface area (Å²) in [7, 11) is 2.55. The molecule has 0 amide bonds. The van der Waals surface area contributed by atoms with Crippen LogP contribution in [-0.4, -0.2) is 31.1 Å². The van der Waals surface area contributed by atoms with E-state index in [0.29, 0.717) is 5.69 Å². The number of nitrogens with zero attached hydrogens (tertiary/aromatic N) is 1. The van der Waals surface area contributed by atoms with E-state index in [1.807, 2.05) is 36.4 Å². The van der Waals surface area contributed by atoms with Gasteiger partial charge < -0.3 is 9.47 Å². The molecular formula is C19H18ClNO4. The maximum absolute atomic E-state index is 12.4. The summed E-state index contributed by atoms with van der Waals surface area (Å²) in [5.74, 6) is -0.944. The fraction of sp³-hybridized carbons (Fsp3) is 0.316. The number of alkyl halides is 1. The van der Waals surface area contributed by atoms with Crippen molar-refractivity contribution in [3.63, 3.8) is 0 Å². The Labute approximate surface area is 150 Å². The highest BCUT2D eigenvalue weighted by atomic mass is 35.5. The third kappa shape index (κ3) is 2.89. The number of ether oxygens (including phenoxy) is 2. The van der Waals surface area contributed by atoms with Crippen molar-refractivity contribution >= 4 is 23.5 Å². The average Bonchev–Trinajstić information content (AvgIpc) is 3.07. The maximum atomic E-state index is 12.4. The number of halogens is 1. The topological polar surface area (TPSA) is 65.5 Å². The lowest BCUT2D eigenvalue weighted by Crippen LogP contribution is -2.42. The van der Waals surface area contributed by atoms with E-state index in [-0.39, 0.29) is 18.7 Å². The summed E-state index contributed by atoms with van der Waals surface area (Å²) in [5.41, 5.74) is 2.71. The zero-order valence-corrected chi connectivity index (χ0v) is 14.8. The molecule has 0 N–H and O–H groups in total. The lowest BCUT2D eigenvalue weighted by Gasteiger charge is -2.22. The van der Waals surface area contributed by atoms with Gasteiger partial charge in [-0.05, 0) is 23.6 Å². The summed E-state index contributed by atoms with van der Waals surface area (Å²) >= 11 is 5.99. The molecule has 25 heavy (non-hydrogen) atoms. The van der Waals surface area contributed by atoms with Crippen LogP contribution < -0.4 is 0 Å². The van der Waals surface area contributed by atoms with Crippen molar-refractivity contribution in [2.24, 2.45) is 5.41 Å². The van der Waals surface area contributed by atoms with Gasteiger partial charge in [0.25, 0.3) is 0 Å². The third-order valence-corrected chi connectivity index (χ3v) is 4.85. The number of esters is 2. The number of carbonyl (C=O) groups is 2. The molecule has 0 aliphatic heterocycles. The smallest absolute Gasteiger partial charge is 0.323 e. The average molecular weight is 360 g/mol. The van der Waals surface area contributed by atoms with Gasteiger partial charge >= 0.3 is 11.9 Å². The van der Waals surface area contributed by atoms with Crippen LogP contribution >= 0.6 is 11.6 Å². The standard InChI is InChI=1S/C19H18ClNO4/c1-24-17(22)19(18(23)25-2)9-13-8-14(11-20)21-16(15(13)10-19)12-6-4-3-5-7-12/h3-8H,9-11H2,1-2H3. The first-order valence-electron chi connectivity index (χ1n) is 7.85. The largest absolute Gasteiger partial charge is 0.468 e. The van der Waals surface area contributed by atoms with Crippen LogP contribution in [0.1, 0.15) is 16.8 Å². The minimum atomic E-state index is -1.37. The fourth-order valence-corrected chi connectivity index (χ4v) is 3.53. The first-order valence-corrected chi connectivity index (χ1v) is 8.39. The Balaban J connectivity index is 2.17. The molecule has 0 radical (unpaired) electrons. The number of fused-ring (bicyclic) bond motifs is 1. The Kier molecular flexibility index (Phi) is 4.77. The summed E-state index contributed by atoms with van der Waals surface area (Å²) in [4.78, 5) is 29.5. The molecule has 0 saturated heterocycles. The Hall–Kier alpha value is -2.40. The Morgan fingerprint density at radius 3 is 2.32 bits per heavy atom. The molecule has 0 spiro atoms. The van der Waals surface area contributed by atoms with Gasteiger partial charge in [-0.15, -0.1) is 11.6 Å². The minimum absolute atomic E-state index is 0.196. The second-order valence-electron chi connectivity index (χ2n) is 6.02. The Morgan fingerprint density at radius 1 is 1.12 bits per heavy atom. The molecule has 1 aromatic heterocycles. The first kappa shape index (κ1) is 17.4. The third-order valence-electron chi connectivity index (χ3n) is 4.58. The molecule has 3 rings (SSSR count). The molecule has 0 saturated carbocycles.